The Labute approximate surface area is 167 Å². The predicted octanol–water partition coefficient (Wildman–Crippen LogP) is 3.28. The summed E-state index contributed by atoms with van der Waals surface area (Å²) >= 11 is 6.19. The van der Waals surface area contributed by atoms with Crippen molar-refractivity contribution in [2.24, 2.45) is 11.0 Å². The van der Waals surface area contributed by atoms with Gasteiger partial charge in [-0.05, 0) is 49.2 Å². The molecule has 4 rings (SSSR count). The summed E-state index contributed by atoms with van der Waals surface area (Å²) in [5, 5.41) is 6.32. The van der Waals surface area contributed by atoms with Gasteiger partial charge in [-0.25, -0.2) is 4.90 Å². The van der Waals surface area contributed by atoms with Crippen LogP contribution in [-0.4, -0.2) is 29.4 Å². The fourth-order valence-corrected chi connectivity index (χ4v) is 3.93. The predicted molar refractivity (Wildman–Crippen MR) is 108 cm³/mol. The monoisotopic (exact) mass is 395 g/mol. The number of fused-ring (bicyclic) bond motifs is 1. The molecule has 0 saturated carbocycles. The number of ketones is 1. The number of amides is 2. The van der Waals surface area contributed by atoms with Crippen molar-refractivity contribution in [3.05, 3.63) is 58.6 Å². The van der Waals surface area contributed by atoms with Crippen LogP contribution in [0.5, 0.6) is 0 Å². The van der Waals surface area contributed by atoms with Gasteiger partial charge < -0.3 is 0 Å². The zero-order valence-corrected chi connectivity index (χ0v) is 16.4. The summed E-state index contributed by atoms with van der Waals surface area (Å²) in [6.07, 6.45) is 0. The van der Waals surface area contributed by atoms with Gasteiger partial charge >= 0.3 is 0 Å². The first-order valence-electron chi connectivity index (χ1n) is 8.89. The third kappa shape index (κ3) is 2.64. The maximum absolute atomic E-state index is 13.3. The molecule has 2 heterocycles. The number of hydrazone groups is 1. The number of carbonyl (C=O) groups excluding carboxylic acids is 3. The van der Waals surface area contributed by atoms with Gasteiger partial charge in [0.25, 0.3) is 5.91 Å². The van der Waals surface area contributed by atoms with Gasteiger partial charge in [0.05, 0.1) is 11.4 Å². The van der Waals surface area contributed by atoms with E-state index in [1.54, 1.807) is 25.1 Å². The van der Waals surface area contributed by atoms with Crippen molar-refractivity contribution in [3.63, 3.8) is 0 Å². The Morgan fingerprint density at radius 2 is 1.79 bits per heavy atom. The molecule has 2 aliphatic heterocycles. The van der Waals surface area contributed by atoms with E-state index in [2.05, 4.69) is 5.10 Å². The van der Waals surface area contributed by atoms with Crippen molar-refractivity contribution >= 4 is 46.3 Å². The minimum atomic E-state index is -0.927. The van der Waals surface area contributed by atoms with Crippen LogP contribution in [-0.2, 0) is 14.4 Å². The van der Waals surface area contributed by atoms with E-state index in [0.29, 0.717) is 22.0 Å². The zero-order valence-electron chi connectivity index (χ0n) is 15.6. The first-order chi connectivity index (χ1) is 13.3. The number of rotatable bonds is 3. The summed E-state index contributed by atoms with van der Waals surface area (Å²) in [6.45, 7) is 5.04. The molecule has 2 atom stereocenters. The Bertz CT molecular complexity index is 1060. The number of anilines is 2. The van der Waals surface area contributed by atoms with Gasteiger partial charge in [-0.3, -0.25) is 19.4 Å². The van der Waals surface area contributed by atoms with E-state index in [9.17, 15) is 14.4 Å². The molecular weight excluding hydrogens is 378 g/mol. The Morgan fingerprint density at radius 1 is 1.07 bits per heavy atom. The van der Waals surface area contributed by atoms with Crippen molar-refractivity contribution in [1.82, 2.24) is 0 Å². The number of aryl methyl sites for hydroxylation is 1. The van der Waals surface area contributed by atoms with Gasteiger partial charge in [0.15, 0.2) is 5.78 Å². The van der Waals surface area contributed by atoms with Gasteiger partial charge in [-0.15, -0.1) is 0 Å². The van der Waals surface area contributed by atoms with Gasteiger partial charge in [-0.2, -0.15) is 5.10 Å². The third-order valence-electron chi connectivity index (χ3n) is 5.16. The SMILES string of the molecule is CC(=O)C1=NN(c2cccc(C)c2)[C@H]2C(=O)N(c3cccc(Cl)c3C)C(=O)[C@H]12. The van der Waals surface area contributed by atoms with Crippen molar-refractivity contribution in [1.29, 1.82) is 0 Å². The highest BCUT2D eigenvalue weighted by atomic mass is 35.5. The molecule has 28 heavy (non-hydrogen) atoms. The number of nitrogens with zero attached hydrogens (tertiary/aromatic N) is 3. The normalized spacial score (nSPS) is 21.2. The molecule has 0 bridgehead atoms. The molecule has 2 aromatic rings. The molecule has 0 aromatic heterocycles. The summed E-state index contributed by atoms with van der Waals surface area (Å²) in [4.78, 5) is 39.9. The van der Waals surface area contributed by atoms with Crippen molar-refractivity contribution in [2.75, 3.05) is 9.91 Å². The third-order valence-corrected chi connectivity index (χ3v) is 5.57. The van der Waals surface area contributed by atoms with Crippen LogP contribution in [0.3, 0.4) is 0 Å². The highest BCUT2D eigenvalue weighted by Crippen LogP contribution is 2.39. The fourth-order valence-electron chi connectivity index (χ4n) is 3.76. The van der Waals surface area contributed by atoms with Crippen LogP contribution >= 0.6 is 11.6 Å². The van der Waals surface area contributed by atoms with Crippen LogP contribution < -0.4 is 9.91 Å². The van der Waals surface area contributed by atoms with E-state index in [0.717, 1.165) is 10.5 Å². The molecule has 1 fully saturated rings. The molecule has 6 nitrogen and oxygen atoms in total. The van der Waals surface area contributed by atoms with E-state index in [4.69, 9.17) is 11.6 Å². The quantitative estimate of drug-likeness (QED) is 0.748. The van der Waals surface area contributed by atoms with Crippen LogP contribution in [0.15, 0.2) is 47.6 Å². The standard InChI is InChI=1S/C21H18ClN3O3/c1-11-6-4-7-14(10-11)25-19-17(18(23-25)13(3)26)20(27)24(21(19)28)16-9-5-8-15(22)12(16)2/h4-10,17,19H,1-3H3/t17-,19-/m1/s1. The lowest BCUT2D eigenvalue weighted by Gasteiger charge is -2.23. The first kappa shape index (κ1) is 18.4. The summed E-state index contributed by atoms with van der Waals surface area (Å²) in [5.74, 6) is -2.12. The van der Waals surface area contributed by atoms with E-state index >= 15 is 0 Å². The highest BCUT2D eigenvalue weighted by molar-refractivity contribution is 6.49. The lowest BCUT2D eigenvalue weighted by molar-refractivity contribution is -0.122. The second-order valence-corrected chi connectivity index (χ2v) is 7.45. The Hall–Kier alpha value is -2.99. The molecule has 0 radical (unpaired) electrons. The molecule has 1 saturated heterocycles. The van der Waals surface area contributed by atoms with Crippen LogP contribution in [0.4, 0.5) is 11.4 Å². The number of hydrogen-bond donors (Lipinski definition) is 0. The van der Waals surface area contributed by atoms with Crippen LogP contribution in [0.25, 0.3) is 0 Å². The molecule has 2 aliphatic rings. The molecule has 2 aromatic carbocycles. The molecule has 0 N–H and O–H groups in total. The van der Waals surface area contributed by atoms with Crippen LogP contribution in [0.2, 0.25) is 5.02 Å². The van der Waals surface area contributed by atoms with Gasteiger partial charge in [0, 0.05) is 11.9 Å². The molecular formula is C21H18ClN3O3. The maximum Gasteiger partial charge on any atom is 0.259 e. The Morgan fingerprint density at radius 3 is 2.46 bits per heavy atom. The first-order valence-corrected chi connectivity index (χ1v) is 9.27. The van der Waals surface area contributed by atoms with Crippen molar-refractivity contribution in [2.45, 2.75) is 26.8 Å². The summed E-state index contributed by atoms with van der Waals surface area (Å²) < 4.78 is 0. The van der Waals surface area contributed by atoms with Gasteiger partial charge in [0.1, 0.15) is 17.7 Å². The Balaban J connectivity index is 1.84. The van der Waals surface area contributed by atoms with Crippen LogP contribution in [0.1, 0.15) is 18.1 Å². The average Bonchev–Trinajstić information content (AvgIpc) is 3.16. The van der Waals surface area contributed by atoms with Gasteiger partial charge in [-0.1, -0.05) is 29.8 Å². The minimum Gasteiger partial charge on any atom is -0.293 e. The van der Waals surface area contributed by atoms with Crippen molar-refractivity contribution in [3.8, 4) is 0 Å². The zero-order chi connectivity index (χ0) is 20.2. The fraction of sp³-hybridized carbons (Fsp3) is 0.238. The topological polar surface area (TPSA) is 70.1 Å². The highest BCUT2D eigenvalue weighted by Gasteiger charge is 2.58. The van der Waals surface area contributed by atoms with Gasteiger partial charge in [0.2, 0.25) is 5.91 Å². The molecule has 7 heteroatoms. The molecule has 0 unspecified atom stereocenters. The minimum absolute atomic E-state index is 0.104. The van der Waals surface area contributed by atoms with E-state index in [-0.39, 0.29) is 11.5 Å². The lowest BCUT2D eigenvalue weighted by atomic mass is 9.95. The number of carbonyl (C=O) groups is 3. The smallest absolute Gasteiger partial charge is 0.259 e. The molecule has 0 aliphatic carbocycles. The van der Waals surface area contributed by atoms with Crippen molar-refractivity contribution < 1.29 is 14.4 Å². The number of Topliss-reactive ketones (excluding diaryl/α,β-unsaturated/α-hetero) is 1. The maximum atomic E-state index is 13.3. The number of imide groups is 1. The second kappa shape index (κ2) is 6.56. The van der Waals surface area contributed by atoms with E-state index < -0.39 is 23.8 Å². The average molecular weight is 396 g/mol. The molecule has 142 valence electrons. The van der Waals surface area contributed by atoms with E-state index in [1.165, 1.54) is 11.9 Å². The second-order valence-electron chi connectivity index (χ2n) is 7.04. The summed E-state index contributed by atoms with van der Waals surface area (Å²) in [6, 6.07) is 11.6. The lowest BCUT2D eigenvalue weighted by Crippen LogP contribution is -2.39. The van der Waals surface area contributed by atoms with E-state index in [1.807, 2.05) is 31.2 Å². The summed E-state index contributed by atoms with van der Waals surface area (Å²) in [7, 11) is 0. The molecule has 0 spiro atoms. The van der Waals surface area contributed by atoms with Crippen LogP contribution in [0, 0.1) is 19.8 Å². The summed E-state index contributed by atoms with van der Waals surface area (Å²) in [5.41, 5.74) is 2.82. The number of halogens is 1. The largest absolute Gasteiger partial charge is 0.293 e. The Kier molecular flexibility index (Phi) is 4.31. The molecule has 2 amide bonds. The number of benzene rings is 2. The number of hydrogen-bond acceptors (Lipinski definition) is 5.